The molecule has 2 aromatic carbocycles. The molecule has 4 aliphatic carbocycles. The monoisotopic (exact) mass is 329 g/mol. The second-order valence-electron chi connectivity index (χ2n) is 8.06. The zero-order valence-corrected chi connectivity index (χ0v) is 13.8. The van der Waals surface area contributed by atoms with E-state index in [4.69, 9.17) is 0 Å². The number of rotatable bonds is 2. The number of carbonyl (C=O) groups excluding carboxylic acids is 2. The molecule has 0 aromatic heterocycles. The molecule has 3 fully saturated rings. The van der Waals surface area contributed by atoms with Gasteiger partial charge < -0.3 is 0 Å². The van der Waals surface area contributed by atoms with E-state index >= 15 is 0 Å². The lowest BCUT2D eigenvalue weighted by Crippen LogP contribution is -2.40. The van der Waals surface area contributed by atoms with Gasteiger partial charge in [0.1, 0.15) is 0 Å². The molecule has 25 heavy (non-hydrogen) atoms. The highest BCUT2D eigenvalue weighted by molar-refractivity contribution is 6.06. The molecular formula is C22H19NO2. The van der Waals surface area contributed by atoms with Crippen LogP contribution >= 0.6 is 0 Å². The van der Waals surface area contributed by atoms with Gasteiger partial charge in [-0.25, -0.2) is 0 Å². The van der Waals surface area contributed by atoms with Crippen LogP contribution in [0.2, 0.25) is 0 Å². The molecule has 124 valence electrons. The number of benzene rings is 2. The molecule has 2 bridgehead atoms. The van der Waals surface area contributed by atoms with Gasteiger partial charge in [0.05, 0.1) is 18.4 Å². The van der Waals surface area contributed by atoms with Crippen LogP contribution in [0.25, 0.3) is 10.8 Å². The van der Waals surface area contributed by atoms with Crippen molar-refractivity contribution < 1.29 is 9.59 Å². The average molecular weight is 329 g/mol. The van der Waals surface area contributed by atoms with Gasteiger partial charge in [0.25, 0.3) is 0 Å². The van der Waals surface area contributed by atoms with Crippen molar-refractivity contribution in [2.45, 2.75) is 13.0 Å². The van der Waals surface area contributed by atoms with Gasteiger partial charge >= 0.3 is 0 Å². The molecule has 1 heterocycles. The highest BCUT2D eigenvalue weighted by atomic mass is 16.2. The Bertz CT molecular complexity index is 920. The zero-order chi connectivity index (χ0) is 16.7. The van der Waals surface area contributed by atoms with Crippen molar-refractivity contribution in [3.05, 3.63) is 60.2 Å². The van der Waals surface area contributed by atoms with E-state index < -0.39 is 0 Å². The van der Waals surface area contributed by atoms with Crippen LogP contribution in [0.1, 0.15) is 12.0 Å². The van der Waals surface area contributed by atoms with Crippen LogP contribution in [0.5, 0.6) is 0 Å². The van der Waals surface area contributed by atoms with Crippen molar-refractivity contribution in [1.82, 2.24) is 4.90 Å². The van der Waals surface area contributed by atoms with Crippen LogP contribution in [0.15, 0.2) is 54.6 Å². The van der Waals surface area contributed by atoms with E-state index in [1.807, 2.05) is 24.3 Å². The number of hydrogen-bond donors (Lipinski definition) is 0. The van der Waals surface area contributed by atoms with Crippen LogP contribution in [0.4, 0.5) is 0 Å². The molecular weight excluding hydrogens is 310 g/mol. The van der Waals surface area contributed by atoms with Gasteiger partial charge in [-0.1, -0.05) is 54.6 Å². The van der Waals surface area contributed by atoms with Gasteiger partial charge in [0.2, 0.25) is 11.8 Å². The zero-order valence-electron chi connectivity index (χ0n) is 13.8. The van der Waals surface area contributed by atoms with Crippen LogP contribution in [0.3, 0.4) is 0 Å². The molecule has 0 unspecified atom stereocenters. The lowest BCUT2D eigenvalue weighted by Gasteiger charge is -2.37. The first-order valence-corrected chi connectivity index (χ1v) is 9.24. The molecule has 6 atom stereocenters. The van der Waals surface area contributed by atoms with E-state index in [-0.39, 0.29) is 23.7 Å². The Kier molecular flexibility index (Phi) is 2.54. The summed E-state index contributed by atoms with van der Waals surface area (Å²) < 4.78 is 0. The molecule has 1 saturated heterocycles. The third-order valence-corrected chi connectivity index (χ3v) is 6.96. The number of carbonyl (C=O) groups is 2. The summed E-state index contributed by atoms with van der Waals surface area (Å²) in [6.07, 6.45) is 5.67. The second-order valence-corrected chi connectivity index (χ2v) is 8.06. The SMILES string of the molecule is O=C1[C@@H]2[C@H]3C=C[C@@H]([C@@H]4C[C@H]34)[C@@H]2C(=O)N1Cc1cccc2ccccc12. The Labute approximate surface area is 146 Å². The molecule has 2 saturated carbocycles. The third-order valence-electron chi connectivity index (χ3n) is 6.96. The molecule has 2 aromatic rings. The highest BCUT2D eigenvalue weighted by Gasteiger charge is 2.66. The maximum Gasteiger partial charge on any atom is 0.234 e. The third kappa shape index (κ3) is 1.71. The van der Waals surface area contributed by atoms with E-state index in [0.29, 0.717) is 30.2 Å². The fraction of sp³-hybridized carbons (Fsp3) is 0.364. The minimum absolute atomic E-state index is 0.0626. The molecule has 0 spiro atoms. The first-order chi connectivity index (χ1) is 12.2. The van der Waals surface area contributed by atoms with Gasteiger partial charge in [-0.3, -0.25) is 14.5 Å². The Morgan fingerprint density at radius 3 is 2.20 bits per heavy atom. The van der Waals surface area contributed by atoms with E-state index in [0.717, 1.165) is 16.3 Å². The van der Waals surface area contributed by atoms with Gasteiger partial charge in [-0.15, -0.1) is 0 Å². The molecule has 5 aliphatic rings. The van der Waals surface area contributed by atoms with Crippen LogP contribution in [0, 0.1) is 35.5 Å². The van der Waals surface area contributed by atoms with Crippen molar-refractivity contribution in [1.29, 1.82) is 0 Å². The van der Waals surface area contributed by atoms with Crippen molar-refractivity contribution in [3.8, 4) is 0 Å². The van der Waals surface area contributed by atoms with Crippen molar-refractivity contribution in [2.24, 2.45) is 35.5 Å². The second kappa shape index (κ2) is 4.60. The predicted molar refractivity (Wildman–Crippen MR) is 94.2 cm³/mol. The number of likely N-dealkylation sites (tertiary alicyclic amines) is 1. The van der Waals surface area contributed by atoms with Crippen LogP contribution < -0.4 is 0 Å². The summed E-state index contributed by atoms with van der Waals surface area (Å²) in [5, 5.41) is 2.28. The number of amides is 2. The maximum atomic E-state index is 13.1. The normalized spacial score (nSPS) is 37.5. The largest absolute Gasteiger partial charge is 0.278 e. The van der Waals surface area contributed by atoms with Gasteiger partial charge in [0, 0.05) is 0 Å². The first kappa shape index (κ1) is 13.8. The van der Waals surface area contributed by atoms with Crippen LogP contribution in [-0.2, 0) is 16.1 Å². The smallest absolute Gasteiger partial charge is 0.234 e. The summed E-state index contributed by atoms with van der Waals surface area (Å²) in [5.41, 5.74) is 1.06. The van der Waals surface area contributed by atoms with Crippen molar-refractivity contribution >= 4 is 22.6 Å². The van der Waals surface area contributed by atoms with Crippen LogP contribution in [-0.4, -0.2) is 16.7 Å². The fourth-order valence-corrected chi connectivity index (χ4v) is 5.78. The summed E-state index contributed by atoms with van der Waals surface area (Å²) >= 11 is 0. The number of imide groups is 1. The summed E-state index contributed by atoms with van der Waals surface area (Å²) in [7, 11) is 0. The lowest BCUT2D eigenvalue weighted by molar-refractivity contribution is -0.140. The first-order valence-electron chi connectivity index (χ1n) is 9.24. The maximum absolute atomic E-state index is 13.1. The minimum Gasteiger partial charge on any atom is -0.278 e. The van der Waals surface area contributed by atoms with Gasteiger partial charge in [-0.2, -0.15) is 0 Å². The predicted octanol–water partition coefficient (Wildman–Crippen LogP) is 3.39. The lowest BCUT2D eigenvalue weighted by atomic mass is 9.63. The Morgan fingerprint density at radius 2 is 1.48 bits per heavy atom. The fourth-order valence-electron chi connectivity index (χ4n) is 5.78. The van der Waals surface area contributed by atoms with E-state index in [1.165, 1.54) is 6.42 Å². The number of fused-ring (bicyclic) bond motifs is 1. The minimum atomic E-state index is -0.0961. The topological polar surface area (TPSA) is 37.4 Å². The number of nitrogens with zero attached hydrogens (tertiary/aromatic N) is 1. The number of allylic oxidation sites excluding steroid dienone is 2. The van der Waals surface area contributed by atoms with Crippen molar-refractivity contribution in [2.75, 3.05) is 0 Å². The van der Waals surface area contributed by atoms with E-state index in [9.17, 15) is 9.59 Å². The van der Waals surface area contributed by atoms with Crippen molar-refractivity contribution in [3.63, 3.8) is 0 Å². The Morgan fingerprint density at radius 1 is 0.840 bits per heavy atom. The molecule has 3 heteroatoms. The Balaban J connectivity index is 1.38. The van der Waals surface area contributed by atoms with E-state index in [1.54, 1.807) is 4.90 Å². The molecule has 0 N–H and O–H groups in total. The number of hydrogen-bond acceptors (Lipinski definition) is 2. The summed E-state index contributed by atoms with van der Waals surface area (Å²) in [5.74, 6) is 1.85. The highest BCUT2D eigenvalue weighted by Crippen LogP contribution is 2.65. The summed E-state index contributed by atoms with van der Waals surface area (Å²) in [6, 6.07) is 14.3. The standard InChI is InChI=1S/C22H19NO2/c24-21-19-15-8-9-16(18-10-17(15)18)20(19)22(25)23(21)11-13-6-3-5-12-4-1-2-7-14(12)13/h1-9,15-20H,10-11H2/t15-,16-,17-,18+,19-,20+/m0/s1. The average Bonchev–Trinajstić information content (AvgIpc) is 3.43. The molecule has 3 nitrogen and oxygen atoms in total. The molecule has 7 rings (SSSR count). The van der Waals surface area contributed by atoms with Gasteiger partial charge in [-0.05, 0) is 46.4 Å². The van der Waals surface area contributed by atoms with Gasteiger partial charge in [0.15, 0.2) is 0 Å². The summed E-state index contributed by atoms with van der Waals surface area (Å²) in [6.45, 7) is 0.404. The molecule has 1 aliphatic heterocycles. The summed E-state index contributed by atoms with van der Waals surface area (Å²) in [4.78, 5) is 27.8. The quantitative estimate of drug-likeness (QED) is 0.625. The van der Waals surface area contributed by atoms with E-state index in [2.05, 4.69) is 30.4 Å². The molecule has 2 amide bonds. The molecule has 0 radical (unpaired) electrons. The Hall–Kier alpha value is -2.42.